The lowest BCUT2D eigenvalue weighted by Crippen LogP contribution is -2.43. The van der Waals surface area contributed by atoms with Crippen LogP contribution in [0.5, 0.6) is 0 Å². The molecule has 0 radical (unpaired) electrons. The molecule has 1 fully saturated rings. The highest BCUT2D eigenvalue weighted by molar-refractivity contribution is 7.89. The number of sulfonamides is 1. The largest absolute Gasteiger partial charge is 0.460 e. The van der Waals surface area contributed by atoms with Crippen molar-refractivity contribution in [3.05, 3.63) is 34.0 Å². The molecule has 0 bridgehead atoms. The smallest absolute Gasteiger partial charge is 0.374 e. The van der Waals surface area contributed by atoms with Crippen LogP contribution in [0.15, 0.2) is 27.0 Å². The SMILES string of the molecule is CCOC(=O)c1ccc(S(=O)(=O)N2CCC(C(=O)NCCCCc3nc(C)cs3)CC2)o1. The monoisotopic (exact) mass is 483 g/mol. The van der Waals surface area contributed by atoms with Gasteiger partial charge < -0.3 is 14.5 Å². The Morgan fingerprint density at radius 2 is 2.03 bits per heavy atom. The van der Waals surface area contributed by atoms with E-state index in [1.54, 1.807) is 18.3 Å². The van der Waals surface area contributed by atoms with E-state index < -0.39 is 16.0 Å². The van der Waals surface area contributed by atoms with Gasteiger partial charge in [-0.15, -0.1) is 11.3 Å². The maximum atomic E-state index is 12.8. The summed E-state index contributed by atoms with van der Waals surface area (Å²) in [5, 5.41) is 5.83. The first-order valence-corrected chi connectivity index (χ1v) is 13.1. The molecule has 1 aliphatic heterocycles. The van der Waals surface area contributed by atoms with Gasteiger partial charge >= 0.3 is 5.97 Å². The van der Waals surface area contributed by atoms with Gasteiger partial charge in [0.15, 0.2) is 0 Å². The summed E-state index contributed by atoms with van der Waals surface area (Å²) < 4.78 is 36.9. The van der Waals surface area contributed by atoms with Gasteiger partial charge in [0.05, 0.1) is 11.6 Å². The molecule has 0 aromatic carbocycles. The number of hydrogen-bond donors (Lipinski definition) is 1. The van der Waals surface area contributed by atoms with E-state index in [2.05, 4.69) is 10.3 Å². The van der Waals surface area contributed by atoms with Crippen LogP contribution in [-0.4, -0.2) is 55.8 Å². The molecule has 1 amide bonds. The lowest BCUT2D eigenvalue weighted by atomic mass is 9.97. The lowest BCUT2D eigenvalue weighted by molar-refractivity contribution is -0.126. The molecule has 3 heterocycles. The molecule has 3 rings (SSSR count). The van der Waals surface area contributed by atoms with E-state index in [4.69, 9.17) is 9.15 Å². The van der Waals surface area contributed by atoms with Crippen molar-refractivity contribution in [3.8, 4) is 0 Å². The van der Waals surface area contributed by atoms with E-state index >= 15 is 0 Å². The number of nitrogens with one attached hydrogen (secondary N) is 1. The minimum absolute atomic E-state index is 0.0327. The molecule has 0 aliphatic carbocycles. The number of aryl methyl sites for hydroxylation is 2. The second-order valence-electron chi connectivity index (χ2n) is 7.65. The summed E-state index contributed by atoms with van der Waals surface area (Å²) in [6.07, 6.45) is 3.62. The summed E-state index contributed by atoms with van der Waals surface area (Å²) in [7, 11) is -3.87. The van der Waals surface area contributed by atoms with Gasteiger partial charge in [-0.1, -0.05) is 0 Å². The molecule has 11 heteroatoms. The number of esters is 1. The summed E-state index contributed by atoms with van der Waals surface area (Å²) in [5.41, 5.74) is 1.04. The van der Waals surface area contributed by atoms with Crippen molar-refractivity contribution in [3.63, 3.8) is 0 Å². The van der Waals surface area contributed by atoms with Gasteiger partial charge in [-0.25, -0.2) is 18.2 Å². The number of nitrogens with zero attached hydrogens (tertiary/aromatic N) is 2. The maximum absolute atomic E-state index is 12.8. The van der Waals surface area contributed by atoms with E-state index in [0.29, 0.717) is 19.4 Å². The van der Waals surface area contributed by atoms with Gasteiger partial charge in [0, 0.05) is 36.6 Å². The summed E-state index contributed by atoms with van der Waals surface area (Å²) in [6, 6.07) is 2.55. The Bertz CT molecular complexity index is 1020. The minimum atomic E-state index is -3.87. The van der Waals surface area contributed by atoms with Gasteiger partial charge in [-0.05, 0) is 58.1 Å². The number of hydrogen-bond acceptors (Lipinski definition) is 8. The zero-order chi connectivity index (χ0) is 23.1. The Balaban J connectivity index is 1.41. The third kappa shape index (κ3) is 6.17. The first-order chi connectivity index (χ1) is 15.3. The Kier molecular flexibility index (Phi) is 8.44. The number of carbonyl (C=O) groups excluding carboxylic acids is 2. The zero-order valence-electron chi connectivity index (χ0n) is 18.3. The molecule has 32 heavy (non-hydrogen) atoms. The fourth-order valence-electron chi connectivity index (χ4n) is 3.53. The van der Waals surface area contributed by atoms with Crippen LogP contribution < -0.4 is 5.32 Å². The van der Waals surface area contributed by atoms with Crippen molar-refractivity contribution in [1.29, 1.82) is 0 Å². The van der Waals surface area contributed by atoms with Crippen molar-refractivity contribution in [1.82, 2.24) is 14.6 Å². The fraction of sp³-hybridized carbons (Fsp3) is 0.571. The highest BCUT2D eigenvalue weighted by Gasteiger charge is 2.34. The summed E-state index contributed by atoms with van der Waals surface area (Å²) in [5.74, 6) is -1.10. The molecule has 0 unspecified atom stereocenters. The van der Waals surface area contributed by atoms with E-state index in [-0.39, 0.29) is 42.4 Å². The third-order valence-electron chi connectivity index (χ3n) is 5.26. The van der Waals surface area contributed by atoms with Gasteiger partial charge in [0.1, 0.15) is 0 Å². The first kappa shape index (κ1) is 24.4. The van der Waals surface area contributed by atoms with E-state index in [1.807, 2.05) is 12.3 Å². The highest BCUT2D eigenvalue weighted by Crippen LogP contribution is 2.25. The maximum Gasteiger partial charge on any atom is 0.374 e. The van der Waals surface area contributed by atoms with Crippen LogP contribution in [0, 0.1) is 12.8 Å². The van der Waals surface area contributed by atoms with Crippen LogP contribution in [0.1, 0.15) is 53.9 Å². The Morgan fingerprint density at radius 1 is 1.28 bits per heavy atom. The van der Waals surface area contributed by atoms with Gasteiger partial charge in [-0.2, -0.15) is 4.31 Å². The van der Waals surface area contributed by atoms with Crippen LogP contribution in [0.4, 0.5) is 0 Å². The van der Waals surface area contributed by atoms with E-state index in [0.717, 1.165) is 30.0 Å². The molecule has 2 aromatic rings. The predicted molar refractivity (Wildman–Crippen MR) is 119 cm³/mol. The predicted octanol–water partition coefficient (Wildman–Crippen LogP) is 2.76. The average Bonchev–Trinajstić information content (AvgIpc) is 3.43. The number of aromatic nitrogens is 1. The quantitative estimate of drug-likeness (QED) is 0.408. The van der Waals surface area contributed by atoms with E-state index in [1.165, 1.54) is 16.4 Å². The number of ether oxygens (including phenoxy) is 1. The molecule has 0 atom stereocenters. The van der Waals surface area contributed by atoms with Gasteiger partial charge in [0.2, 0.25) is 16.8 Å². The number of piperidine rings is 1. The summed E-state index contributed by atoms with van der Waals surface area (Å²) >= 11 is 1.66. The molecular formula is C21H29N3O6S2. The number of amides is 1. The Labute approximate surface area is 192 Å². The lowest BCUT2D eigenvalue weighted by Gasteiger charge is -2.29. The molecule has 176 valence electrons. The number of furan rings is 1. The second-order valence-corrected chi connectivity index (χ2v) is 10.5. The van der Waals surface area contributed by atoms with Crippen molar-refractivity contribution in [2.24, 2.45) is 5.92 Å². The van der Waals surface area contributed by atoms with Gasteiger partial charge in [0.25, 0.3) is 10.0 Å². The van der Waals surface area contributed by atoms with Crippen LogP contribution in [0.2, 0.25) is 0 Å². The van der Waals surface area contributed by atoms with Gasteiger partial charge in [-0.3, -0.25) is 4.79 Å². The van der Waals surface area contributed by atoms with Crippen molar-refractivity contribution in [2.45, 2.75) is 51.0 Å². The first-order valence-electron chi connectivity index (χ1n) is 10.8. The van der Waals surface area contributed by atoms with Crippen molar-refractivity contribution >= 4 is 33.2 Å². The third-order valence-corrected chi connectivity index (χ3v) is 8.06. The highest BCUT2D eigenvalue weighted by atomic mass is 32.2. The fourth-order valence-corrected chi connectivity index (χ4v) is 5.73. The van der Waals surface area contributed by atoms with Crippen LogP contribution >= 0.6 is 11.3 Å². The molecule has 0 spiro atoms. The standard InChI is InChI=1S/C21H29N3O6S2/c1-3-29-21(26)17-7-8-19(30-17)32(27,28)24-12-9-16(10-13-24)20(25)22-11-5-4-6-18-23-15(2)14-31-18/h7-8,14,16H,3-6,9-13H2,1-2H3,(H,22,25). The van der Waals surface area contributed by atoms with E-state index in [9.17, 15) is 18.0 Å². The Hall–Kier alpha value is -2.24. The Morgan fingerprint density at radius 3 is 2.69 bits per heavy atom. The topological polar surface area (TPSA) is 119 Å². The zero-order valence-corrected chi connectivity index (χ0v) is 20.0. The second kappa shape index (κ2) is 11.1. The molecule has 1 saturated heterocycles. The minimum Gasteiger partial charge on any atom is -0.460 e. The van der Waals surface area contributed by atoms with Crippen LogP contribution in [0.25, 0.3) is 0 Å². The number of thiazole rings is 1. The molecule has 0 saturated carbocycles. The average molecular weight is 484 g/mol. The molecule has 1 N–H and O–H groups in total. The number of carbonyl (C=O) groups is 2. The van der Waals surface area contributed by atoms with Crippen molar-refractivity contribution < 1.29 is 27.2 Å². The molecule has 9 nitrogen and oxygen atoms in total. The number of unbranched alkanes of at least 4 members (excludes halogenated alkanes) is 1. The normalized spacial score (nSPS) is 15.6. The van der Waals surface area contributed by atoms with Crippen LogP contribution in [0.3, 0.4) is 0 Å². The number of rotatable bonds is 10. The summed E-state index contributed by atoms with van der Waals surface area (Å²) in [4.78, 5) is 28.6. The molecule has 1 aliphatic rings. The molecular weight excluding hydrogens is 454 g/mol. The molecule has 2 aromatic heterocycles. The van der Waals surface area contributed by atoms with Crippen LogP contribution in [-0.2, 0) is 26.0 Å². The van der Waals surface area contributed by atoms with Crippen molar-refractivity contribution in [2.75, 3.05) is 26.2 Å². The summed E-state index contributed by atoms with van der Waals surface area (Å²) in [6.45, 7) is 4.85.